The molecule has 1 fully saturated rings. The normalized spacial score (nSPS) is 13.8. The highest BCUT2D eigenvalue weighted by atomic mass is 19.1. The number of anilines is 1. The maximum atomic E-state index is 14.5. The van der Waals surface area contributed by atoms with Crippen LogP contribution in [0.4, 0.5) is 15.0 Å². The zero-order valence-corrected chi connectivity index (χ0v) is 19.5. The second-order valence-electron chi connectivity index (χ2n) is 8.43. The molecule has 172 valence electrons. The minimum atomic E-state index is -0.223. The average Bonchev–Trinajstić information content (AvgIpc) is 2.85. The first kappa shape index (κ1) is 22.7. The van der Waals surface area contributed by atoms with Crippen molar-refractivity contribution in [2.45, 2.75) is 19.8 Å². The summed E-state index contributed by atoms with van der Waals surface area (Å²) < 4.78 is 14.5. The van der Waals surface area contributed by atoms with Crippen molar-refractivity contribution in [3.63, 3.8) is 0 Å². The Kier molecular flexibility index (Phi) is 6.87. The third-order valence-electron chi connectivity index (χ3n) is 6.00. The number of piperazine rings is 1. The molecule has 7 heteroatoms. The summed E-state index contributed by atoms with van der Waals surface area (Å²) in [5.74, 6) is 1.28. The summed E-state index contributed by atoms with van der Waals surface area (Å²) >= 11 is 0. The van der Waals surface area contributed by atoms with Crippen LogP contribution < -0.4 is 4.90 Å². The number of benzene rings is 2. The fourth-order valence-corrected chi connectivity index (χ4v) is 4.19. The van der Waals surface area contributed by atoms with Crippen LogP contribution in [0.3, 0.4) is 0 Å². The minimum Gasteiger partial charge on any atom is -0.353 e. The lowest BCUT2D eigenvalue weighted by molar-refractivity contribution is 0.168. The van der Waals surface area contributed by atoms with Crippen molar-refractivity contribution in [2.75, 3.05) is 45.2 Å². The number of nitrogens with zero attached hydrogens (tertiary/aromatic N) is 5. The minimum absolute atomic E-state index is 0.0168. The molecule has 4 rings (SSSR count). The molecule has 1 aromatic heterocycles. The summed E-state index contributed by atoms with van der Waals surface area (Å²) in [7, 11) is 3.54. The molecule has 2 heterocycles. The second-order valence-corrected chi connectivity index (χ2v) is 8.43. The number of aromatic nitrogens is 2. The van der Waals surface area contributed by atoms with Gasteiger partial charge in [0.05, 0.1) is 0 Å². The van der Waals surface area contributed by atoms with E-state index >= 15 is 0 Å². The molecule has 2 amide bonds. The molecular formula is C26H30FN5O. The van der Waals surface area contributed by atoms with E-state index < -0.39 is 0 Å². The third kappa shape index (κ3) is 4.97. The molecule has 2 aromatic carbocycles. The van der Waals surface area contributed by atoms with E-state index in [1.165, 1.54) is 6.07 Å². The first-order chi connectivity index (χ1) is 16.0. The number of amides is 2. The molecule has 0 saturated carbocycles. The molecule has 0 unspecified atom stereocenters. The van der Waals surface area contributed by atoms with Crippen LogP contribution in [0.5, 0.6) is 0 Å². The highest BCUT2D eigenvalue weighted by Crippen LogP contribution is 2.29. The van der Waals surface area contributed by atoms with Crippen molar-refractivity contribution in [3.05, 3.63) is 77.2 Å². The fourth-order valence-electron chi connectivity index (χ4n) is 4.19. The molecule has 0 radical (unpaired) electrons. The second kappa shape index (κ2) is 9.98. The smallest absolute Gasteiger partial charge is 0.319 e. The van der Waals surface area contributed by atoms with Crippen LogP contribution >= 0.6 is 0 Å². The summed E-state index contributed by atoms with van der Waals surface area (Å²) in [5.41, 5.74) is 3.46. The standard InChI is InChI=1S/C26H30FN5O/c1-4-23-21(18-20-12-8-9-13-22(20)27)25(29-24(28-23)19-10-6-5-7-11-19)31-14-16-32(17-15-31)26(33)30(2)3/h5-13H,4,14-18H2,1-3H3. The quantitative estimate of drug-likeness (QED) is 0.587. The lowest BCUT2D eigenvalue weighted by Gasteiger charge is -2.37. The van der Waals surface area contributed by atoms with Crippen LogP contribution in [-0.2, 0) is 12.8 Å². The molecule has 1 aliphatic rings. The van der Waals surface area contributed by atoms with Crippen molar-refractivity contribution in [1.82, 2.24) is 19.8 Å². The monoisotopic (exact) mass is 447 g/mol. The Morgan fingerprint density at radius 2 is 1.64 bits per heavy atom. The number of carbonyl (C=O) groups is 1. The van der Waals surface area contributed by atoms with E-state index in [0.29, 0.717) is 44.0 Å². The molecule has 0 N–H and O–H groups in total. The van der Waals surface area contributed by atoms with Gasteiger partial charge >= 0.3 is 6.03 Å². The van der Waals surface area contributed by atoms with Crippen LogP contribution in [0.2, 0.25) is 0 Å². The first-order valence-electron chi connectivity index (χ1n) is 11.4. The Bertz CT molecular complexity index is 1110. The van der Waals surface area contributed by atoms with Crippen LogP contribution in [-0.4, -0.2) is 66.1 Å². The predicted molar refractivity (Wildman–Crippen MR) is 129 cm³/mol. The van der Waals surface area contributed by atoms with Gasteiger partial charge in [-0.25, -0.2) is 19.2 Å². The van der Waals surface area contributed by atoms with E-state index in [1.807, 2.05) is 47.4 Å². The van der Waals surface area contributed by atoms with Gasteiger partial charge in [-0.1, -0.05) is 55.5 Å². The Labute approximate surface area is 194 Å². The van der Waals surface area contributed by atoms with Gasteiger partial charge in [0.15, 0.2) is 5.82 Å². The summed E-state index contributed by atoms with van der Waals surface area (Å²) in [6.45, 7) is 4.63. The highest BCUT2D eigenvalue weighted by Gasteiger charge is 2.26. The number of halogens is 1. The lowest BCUT2D eigenvalue weighted by atomic mass is 10.0. The van der Waals surface area contributed by atoms with Gasteiger partial charge in [0.2, 0.25) is 0 Å². The van der Waals surface area contributed by atoms with E-state index in [-0.39, 0.29) is 11.8 Å². The van der Waals surface area contributed by atoms with Gasteiger partial charge in [-0.2, -0.15) is 0 Å². The summed E-state index contributed by atoms with van der Waals surface area (Å²) in [6, 6.07) is 16.8. The summed E-state index contributed by atoms with van der Waals surface area (Å²) in [5, 5.41) is 0. The Morgan fingerprint density at radius 3 is 2.27 bits per heavy atom. The van der Waals surface area contributed by atoms with Crippen LogP contribution in [0, 0.1) is 5.82 Å². The average molecular weight is 448 g/mol. The van der Waals surface area contributed by atoms with E-state index in [9.17, 15) is 9.18 Å². The lowest BCUT2D eigenvalue weighted by Crippen LogP contribution is -2.52. The molecule has 1 saturated heterocycles. The number of aryl methyl sites for hydroxylation is 1. The molecular weight excluding hydrogens is 417 g/mol. The van der Waals surface area contributed by atoms with Gasteiger partial charge < -0.3 is 14.7 Å². The number of rotatable bonds is 5. The molecule has 33 heavy (non-hydrogen) atoms. The van der Waals surface area contributed by atoms with Gasteiger partial charge in [0.1, 0.15) is 11.6 Å². The third-order valence-corrected chi connectivity index (χ3v) is 6.00. The molecule has 1 aliphatic heterocycles. The topological polar surface area (TPSA) is 52.6 Å². The Balaban J connectivity index is 1.74. The number of hydrogen-bond donors (Lipinski definition) is 0. The zero-order chi connectivity index (χ0) is 23.4. The van der Waals surface area contributed by atoms with E-state index in [1.54, 1.807) is 25.1 Å². The molecule has 0 atom stereocenters. The Morgan fingerprint density at radius 1 is 0.970 bits per heavy atom. The molecule has 6 nitrogen and oxygen atoms in total. The summed E-state index contributed by atoms with van der Waals surface area (Å²) in [6.07, 6.45) is 1.15. The van der Waals surface area contributed by atoms with Crippen molar-refractivity contribution < 1.29 is 9.18 Å². The maximum Gasteiger partial charge on any atom is 0.319 e. The van der Waals surface area contributed by atoms with Crippen molar-refractivity contribution in [2.24, 2.45) is 0 Å². The van der Waals surface area contributed by atoms with Crippen molar-refractivity contribution in [1.29, 1.82) is 0 Å². The first-order valence-corrected chi connectivity index (χ1v) is 11.4. The SMILES string of the molecule is CCc1nc(-c2ccccc2)nc(N2CCN(C(=O)N(C)C)CC2)c1Cc1ccccc1F. The van der Waals surface area contributed by atoms with E-state index in [0.717, 1.165) is 29.1 Å². The highest BCUT2D eigenvalue weighted by molar-refractivity contribution is 5.74. The molecule has 0 spiro atoms. The van der Waals surface area contributed by atoms with Crippen LogP contribution in [0.1, 0.15) is 23.7 Å². The zero-order valence-electron chi connectivity index (χ0n) is 19.5. The number of carbonyl (C=O) groups excluding carboxylic acids is 1. The predicted octanol–water partition coefficient (Wildman–Crippen LogP) is 4.24. The van der Waals surface area contributed by atoms with E-state index in [4.69, 9.17) is 9.97 Å². The van der Waals surface area contributed by atoms with Gasteiger partial charge in [-0.3, -0.25) is 0 Å². The molecule has 0 bridgehead atoms. The fraction of sp³-hybridized carbons (Fsp3) is 0.346. The maximum absolute atomic E-state index is 14.5. The Hall–Kier alpha value is -3.48. The van der Waals surface area contributed by atoms with Gasteiger partial charge in [0, 0.05) is 63.5 Å². The largest absolute Gasteiger partial charge is 0.353 e. The van der Waals surface area contributed by atoms with Gasteiger partial charge in [0.25, 0.3) is 0 Å². The van der Waals surface area contributed by atoms with Crippen LogP contribution in [0.15, 0.2) is 54.6 Å². The van der Waals surface area contributed by atoms with Crippen molar-refractivity contribution >= 4 is 11.8 Å². The van der Waals surface area contributed by atoms with Gasteiger partial charge in [-0.05, 0) is 18.1 Å². The van der Waals surface area contributed by atoms with Crippen LogP contribution in [0.25, 0.3) is 11.4 Å². The van der Waals surface area contributed by atoms with E-state index in [2.05, 4.69) is 11.8 Å². The van der Waals surface area contributed by atoms with Gasteiger partial charge in [-0.15, -0.1) is 0 Å². The summed E-state index contributed by atoms with van der Waals surface area (Å²) in [4.78, 5) is 27.9. The number of urea groups is 1. The van der Waals surface area contributed by atoms with Crippen molar-refractivity contribution in [3.8, 4) is 11.4 Å². The molecule has 3 aromatic rings. The number of hydrogen-bond acceptors (Lipinski definition) is 4. The molecule has 0 aliphatic carbocycles.